The zero-order chi connectivity index (χ0) is 12.1. The van der Waals surface area contributed by atoms with E-state index in [9.17, 15) is 0 Å². The molecule has 2 rings (SSSR count). The largest absolute Gasteiger partial charge is 0.312 e. The third-order valence-electron chi connectivity index (χ3n) is 3.48. The highest BCUT2D eigenvalue weighted by Crippen LogP contribution is 2.19. The molecule has 1 aromatic heterocycles. The Balaban J connectivity index is 1.79. The van der Waals surface area contributed by atoms with Crippen LogP contribution in [0.15, 0.2) is 16.8 Å². The standard InChI is InChI=1S/C14H24N2S/c1-3-4-14(9-15-13-5-6-13)16(2)10-12-7-8-17-11-12/h7-8,11,13-15H,3-6,9-10H2,1-2H3. The van der Waals surface area contributed by atoms with Gasteiger partial charge in [-0.2, -0.15) is 11.3 Å². The zero-order valence-corrected chi connectivity index (χ0v) is 11.8. The van der Waals surface area contributed by atoms with Crippen LogP contribution in [0.25, 0.3) is 0 Å². The van der Waals surface area contributed by atoms with Gasteiger partial charge in [-0.25, -0.2) is 0 Å². The number of thiophene rings is 1. The molecule has 1 aromatic rings. The number of nitrogens with zero attached hydrogens (tertiary/aromatic N) is 1. The fourth-order valence-corrected chi connectivity index (χ4v) is 2.86. The van der Waals surface area contributed by atoms with Crippen LogP contribution in [0.3, 0.4) is 0 Å². The minimum Gasteiger partial charge on any atom is -0.312 e. The maximum Gasteiger partial charge on any atom is 0.0242 e. The molecule has 1 aliphatic carbocycles. The van der Waals surface area contributed by atoms with E-state index in [1.165, 1.54) is 31.2 Å². The van der Waals surface area contributed by atoms with Gasteiger partial charge in [-0.05, 0) is 48.7 Å². The van der Waals surface area contributed by atoms with Gasteiger partial charge in [0, 0.05) is 25.2 Å². The quantitative estimate of drug-likeness (QED) is 0.765. The summed E-state index contributed by atoms with van der Waals surface area (Å²) in [5.41, 5.74) is 1.45. The van der Waals surface area contributed by atoms with Crippen LogP contribution in [0.1, 0.15) is 38.2 Å². The van der Waals surface area contributed by atoms with Gasteiger partial charge in [0.05, 0.1) is 0 Å². The average Bonchev–Trinajstić information content (AvgIpc) is 3.01. The Morgan fingerprint density at radius 1 is 1.53 bits per heavy atom. The van der Waals surface area contributed by atoms with E-state index in [-0.39, 0.29) is 0 Å². The Labute approximate surface area is 109 Å². The molecule has 1 atom stereocenters. The highest BCUT2D eigenvalue weighted by molar-refractivity contribution is 7.07. The molecule has 0 spiro atoms. The SMILES string of the molecule is CCCC(CNC1CC1)N(C)Cc1ccsc1. The molecule has 1 fully saturated rings. The molecule has 0 bridgehead atoms. The lowest BCUT2D eigenvalue weighted by molar-refractivity contribution is 0.214. The third kappa shape index (κ3) is 4.41. The van der Waals surface area contributed by atoms with Crippen molar-refractivity contribution in [3.63, 3.8) is 0 Å². The van der Waals surface area contributed by atoms with Crippen LogP contribution >= 0.6 is 11.3 Å². The summed E-state index contributed by atoms with van der Waals surface area (Å²) in [6.07, 6.45) is 5.32. The molecular formula is C14H24N2S. The van der Waals surface area contributed by atoms with Crippen molar-refractivity contribution in [1.29, 1.82) is 0 Å². The van der Waals surface area contributed by atoms with E-state index in [0.717, 1.165) is 19.1 Å². The number of likely N-dealkylation sites (N-methyl/N-ethyl adjacent to an activating group) is 1. The molecule has 0 aromatic carbocycles. The van der Waals surface area contributed by atoms with Gasteiger partial charge in [-0.1, -0.05) is 13.3 Å². The summed E-state index contributed by atoms with van der Waals surface area (Å²) in [7, 11) is 2.26. The smallest absolute Gasteiger partial charge is 0.0242 e. The van der Waals surface area contributed by atoms with E-state index in [2.05, 4.69) is 41.0 Å². The third-order valence-corrected chi connectivity index (χ3v) is 4.21. The van der Waals surface area contributed by atoms with E-state index >= 15 is 0 Å². The molecule has 1 saturated carbocycles. The van der Waals surface area contributed by atoms with Crippen molar-refractivity contribution in [2.45, 2.75) is 51.2 Å². The first kappa shape index (κ1) is 13.1. The number of rotatable bonds is 8. The van der Waals surface area contributed by atoms with Gasteiger partial charge in [0.1, 0.15) is 0 Å². The molecular weight excluding hydrogens is 228 g/mol. The molecule has 1 heterocycles. The Morgan fingerprint density at radius 2 is 2.35 bits per heavy atom. The van der Waals surface area contributed by atoms with Crippen molar-refractivity contribution in [1.82, 2.24) is 10.2 Å². The summed E-state index contributed by atoms with van der Waals surface area (Å²) in [5, 5.41) is 8.09. The summed E-state index contributed by atoms with van der Waals surface area (Å²) >= 11 is 1.79. The minimum atomic E-state index is 0.681. The van der Waals surface area contributed by atoms with Crippen LogP contribution in [0.4, 0.5) is 0 Å². The van der Waals surface area contributed by atoms with E-state index < -0.39 is 0 Å². The Bertz CT molecular complexity index is 306. The van der Waals surface area contributed by atoms with Gasteiger partial charge >= 0.3 is 0 Å². The van der Waals surface area contributed by atoms with Crippen molar-refractivity contribution in [2.24, 2.45) is 0 Å². The molecule has 2 nitrogen and oxygen atoms in total. The van der Waals surface area contributed by atoms with Gasteiger partial charge in [-0.15, -0.1) is 0 Å². The van der Waals surface area contributed by atoms with Gasteiger partial charge in [-0.3, -0.25) is 4.90 Å². The van der Waals surface area contributed by atoms with Crippen molar-refractivity contribution in [3.05, 3.63) is 22.4 Å². The lowest BCUT2D eigenvalue weighted by Gasteiger charge is -2.28. The molecule has 3 heteroatoms. The molecule has 1 unspecified atom stereocenters. The van der Waals surface area contributed by atoms with Gasteiger partial charge in [0.2, 0.25) is 0 Å². The fraction of sp³-hybridized carbons (Fsp3) is 0.714. The Kier molecular flexibility index (Phi) is 5.01. The lowest BCUT2D eigenvalue weighted by atomic mass is 10.1. The first-order chi connectivity index (χ1) is 8.29. The zero-order valence-electron chi connectivity index (χ0n) is 11.0. The van der Waals surface area contributed by atoms with E-state index in [0.29, 0.717) is 6.04 Å². The van der Waals surface area contributed by atoms with Gasteiger partial charge in [0.15, 0.2) is 0 Å². The second-order valence-electron chi connectivity index (χ2n) is 5.17. The van der Waals surface area contributed by atoms with Crippen molar-refractivity contribution >= 4 is 11.3 Å². The van der Waals surface area contributed by atoms with Crippen LogP contribution in [0.2, 0.25) is 0 Å². The van der Waals surface area contributed by atoms with Gasteiger partial charge in [0.25, 0.3) is 0 Å². The fourth-order valence-electron chi connectivity index (χ4n) is 2.20. The summed E-state index contributed by atoms with van der Waals surface area (Å²) in [6.45, 7) is 4.52. The first-order valence-electron chi connectivity index (χ1n) is 6.74. The van der Waals surface area contributed by atoms with E-state index in [1.807, 2.05) is 0 Å². The molecule has 0 aliphatic heterocycles. The summed E-state index contributed by atoms with van der Waals surface area (Å²) in [4.78, 5) is 2.50. The molecule has 0 saturated heterocycles. The van der Waals surface area contributed by atoms with Crippen molar-refractivity contribution in [3.8, 4) is 0 Å². The van der Waals surface area contributed by atoms with Crippen LogP contribution in [-0.4, -0.2) is 30.6 Å². The average molecular weight is 252 g/mol. The molecule has 1 aliphatic rings. The summed E-state index contributed by atoms with van der Waals surface area (Å²) in [6, 6.07) is 3.74. The normalized spacial score (nSPS) is 17.6. The van der Waals surface area contributed by atoms with Crippen LogP contribution in [0, 0.1) is 0 Å². The minimum absolute atomic E-state index is 0.681. The predicted molar refractivity (Wildman–Crippen MR) is 75.5 cm³/mol. The molecule has 0 radical (unpaired) electrons. The first-order valence-corrected chi connectivity index (χ1v) is 7.68. The van der Waals surface area contributed by atoms with Crippen LogP contribution in [0.5, 0.6) is 0 Å². The molecule has 0 amide bonds. The topological polar surface area (TPSA) is 15.3 Å². The van der Waals surface area contributed by atoms with Crippen molar-refractivity contribution in [2.75, 3.05) is 13.6 Å². The number of nitrogens with one attached hydrogen (secondary N) is 1. The highest BCUT2D eigenvalue weighted by Gasteiger charge is 2.23. The number of hydrogen-bond donors (Lipinski definition) is 1. The van der Waals surface area contributed by atoms with Gasteiger partial charge < -0.3 is 5.32 Å². The number of hydrogen-bond acceptors (Lipinski definition) is 3. The highest BCUT2D eigenvalue weighted by atomic mass is 32.1. The second kappa shape index (κ2) is 6.53. The van der Waals surface area contributed by atoms with Crippen LogP contribution < -0.4 is 5.32 Å². The predicted octanol–water partition coefficient (Wildman–Crippen LogP) is 3.10. The summed E-state index contributed by atoms with van der Waals surface area (Å²) < 4.78 is 0. The van der Waals surface area contributed by atoms with Crippen LogP contribution in [-0.2, 0) is 6.54 Å². The molecule has 17 heavy (non-hydrogen) atoms. The Morgan fingerprint density at radius 3 is 2.94 bits per heavy atom. The molecule has 96 valence electrons. The summed E-state index contributed by atoms with van der Waals surface area (Å²) in [5.74, 6) is 0. The second-order valence-corrected chi connectivity index (χ2v) is 5.95. The molecule has 1 N–H and O–H groups in total. The maximum absolute atomic E-state index is 3.66. The lowest BCUT2D eigenvalue weighted by Crippen LogP contribution is -2.40. The monoisotopic (exact) mass is 252 g/mol. The maximum atomic E-state index is 3.66. The Hall–Kier alpha value is -0.380. The van der Waals surface area contributed by atoms with Crippen molar-refractivity contribution < 1.29 is 0 Å². The van der Waals surface area contributed by atoms with E-state index in [1.54, 1.807) is 11.3 Å². The van der Waals surface area contributed by atoms with E-state index in [4.69, 9.17) is 0 Å².